The predicted molar refractivity (Wildman–Crippen MR) is 149 cm³/mol. The van der Waals surface area contributed by atoms with E-state index in [1.807, 2.05) is 24.3 Å². The number of aromatic nitrogens is 3. The van der Waals surface area contributed by atoms with Crippen molar-refractivity contribution >= 4 is 27.5 Å². The molecule has 202 valence electrons. The summed E-state index contributed by atoms with van der Waals surface area (Å²) in [5.41, 5.74) is 7.31. The number of phenolic OH excluding ortho intramolecular Hbond substituents is 1. The molecule has 2 aromatic carbocycles. The van der Waals surface area contributed by atoms with Gasteiger partial charge in [0, 0.05) is 36.9 Å². The second-order valence-corrected chi connectivity index (χ2v) is 11.4. The number of halogens is 1. The van der Waals surface area contributed by atoms with E-state index in [2.05, 4.69) is 26.8 Å². The molecule has 0 spiro atoms. The summed E-state index contributed by atoms with van der Waals surface area (Å²) in [6.07, 6.45) is 6.05. The zero-order valence-corrected chi connectivity index (χ0v) is 22.1. The summed E-state index contributed by atoms with van der Waals surface area (Å²) < 4.78 is 22.6. The van der Waals surface area contributed by atoms with Gasteiger partial charge in [-0.3, -0.25) is 4.98 Å². The molecule has 4 atom stereocenters. The summed E-state index contributed by atoms with van der Waals surface area (Å²) in [5, 5.41) is 12.6. The van der Waals surface area contributed by atoms with Gasteiger partial charge in [-0.1, -0.05) is 24.3 Å². The quantitative estimate of drug-likeness (QED) is 0.395. The number of aromatic hydroxyl groups is 1. The van der Waals surface area contributed by atoms with Crippen LogP contribution in [0.25, 0.3) is 32.9 Å². The van der Waals surface area contributed by atoms with Gasteiger partial charge < -0.3 is 25.4 Å². The predicted octanol–water partition coefficient (Wildman–Crippen LogP) is 4.34. The average molecular weight is 529 g/mol. The molecular weight excluding hydrogens is 495 g/mol. The molecule has 39 heavy (non-hydrogen) atoms. The van der Waals surface area contributed by atoms with Crippen LogP contribution in [0.15, 0.2) is 42.6 Å². The van der Waals surface area contributed by atoms with E-state index in [9.17, 15) is 5.11 Å². The normalized spacial score (nSPS) is 25.2. The first-order valence-electron chi connectivity index (χ1n) is 13.9. The zero-order chi connectivity index (χ0) is 26.7. The third-order valence-electron chi connectivity index (χ3n) is 9.03. The number of fused-ring (bicyclic) bond motifs is 4. The molecule has 1 unspecified atom stereocenters. The van der Waals surface area contributed by atoms with Gasteiger partial charge in [-0.2, -0.15) is 9.97 Å². The van der Waals surface area contributed by atoms with Gasteiger partial charge in [0.15, 0.2) is 5.82 Å². The molecule has 2 aliphatic heterocycles. The van der Waals surface area contributed by atoms with Crippen LogP contribution in [0.2, 0.25) is 0 Å². The van der Waals surface area contributed by atoms with Gasteiger partial charge in [0.1, 0.15) is 29.4 Å². The third kappa shape index (κ3) is 4.24. The minimum Gasteiger partial charge on any atom is -0.508 e. The Labute approximate surface area is 226 Å². The highest BCUT2D eigenvalue weighted by Crippen LogP contribution is 2.41. The highest BCUT2D eigenvalue weighted by molar-refractivity contribution is 5.99. The lowest BCUT2D eigenvalue weighted by Crippen LogP contribution is -2.49. The second-order valence-electron chi connectivity index (χ2n) is 11.4. The molecule has 4 heterocycles. The van der Waals surface area contributed by atoms with Crippen molar-refractivity contribution in [3.63, 3.8) is 0 Å². The Kier molecular flexibility index (Phi) is 6.01. The molecule has 0 amide bonds. The lowest BCUT2D eigenvalue weighted by molar-refractivity contribution is 0.188. The lowest BCUT2D eigenvalue weighted by Gasteiger charge is -2.37. The van der Waals surface area contributed by atoms with Gasteiger partial charge in [0.2, 0.25) is 0 Å². The number of hydrogen-bond acceptors (Lipinski definition) is 8. The van der Waals surface area contributed by atoms with Crippen LogP contribution in [0.4, 0.5) is 10.2 Å². The molecule has 4 aromatic rings. The minimum absolute atomic E-state index is 0.0539. The van der Waals surface area contributed by atoms with E-state index >= 15 is 4.39 Å². The number of likely N-dealkylation sites (N-methyl/N-ethyl adjacent to an activating group) is 1. The van der Waals surface area contributed by atoms with Gasteiger partial charge in [0.05, 0.1) is 5.39 Å². The minimum atomic E-state index is -0.550. The Bertz CT molecular complexity index is 1550. The molecule has 0 radical (unpaired) electrons. The molecule has 3 N–H and O–H groups in total. The summed E-state index contributed by atoms with van der Waals surface area (Å²) in [7, 11) is 2.09. The fourth-order valence-corrected chi connectivity index (χ4v) is 6.80. The monoisotopic (exact) mass is 528 g/mol. The molecule has 2 bridgehead atoms. The Balaban J connectivity index is 1.35. The second kappa shape index (κ2) is 9.57. The number of likely N-dealkylation sites (tertiary alicyclic amines) is 1. The molecule has 3 fully saturated rings. The van der Waals surface area contributed by atoms with Crippen LogP contribution in [0, 0.1) is 17.7 Å². The van der Waals surface area contributed by atoms with Crippen molar-refractivity contribution < 1.29 is 14.2 Å². The summed E-state index contributed by atoms with van der Waals surface area (Å²) in [6, 6.07) is 11.5. The van der Waals surface area contributed by atoms with E-state index in [0.29, 0.717) is 35.2 Å². The third-order valence-corrected chi connectivity index (χ3v) is 9.03. The van der Waals surface area contributed by atoms with E-state index in [1.165, 1.54) is 0 Å². The highest BCUT2D eigenvalue weighted by Gasteiger charge is 2.41. The van der Waals surface area contributed by atoms with Crippen molar-refractivity contribution in [2.75, 3.05) is 38.2 Å². The van der Waals surface area contributed by atoms with Gasteiger partial charge in [-0.05, 0) is 74.0 Å². The molecule has 9 heteroatoms. The Morgan fingerprint density at radius 3 is 2.64 bits per heavy atom. The number of anilines is 1. The molecule has 2 saturated heterocycles. The van der Waals surface area contributed by atoms with Crippen molar-refractivity contribution in [3.05, 3.63) is 48.4 Å². The standard InChI is InChI=1S/C30H33FN6O2/c1-36-10-4-6-20(36)16-39-30-34-28-24(29(35-30)37-14-18-8-9-19(15-37)26(18)32)13-33-27(25(28)31)23-12-21(38)11-17-5-2-3-7-22(17)23/h2-3,5,7,11-13,18-20,26,38H,4,6,8-10,14-16,32H2,1H3/t18-,19+,20-,26?/m0/s1. The fraction of sp³-hybridized carbons (Fsp3) is 0.433. The number of pyridine rings is 1. The van der Waals surface area contributed by atoms with E-state index in [-0.39, 0.29) is 35.1 Å². The molecular formula is C30H33FN6O2. The summed E-state index contributed by atoms with van der Waals surface area (Å²) >= 11 is 0. The van der Waals surface area contributed by atoms with Gasteiger partial charge in [-0.15, -0.1) is 0 Å². The van der Waals surface area contributed by atoms with Crippen molar-refractivity contribution in [2.24, 2.45) is 17.6 Å². The highest BCUT2D eigenvalue weighted by atomic mass is 19.1. The first-order chi connectivity index (χ1) is 19.0. The van der Waals surface area contributed by atoms with Crippen molar-refractivity contribution in [1.82, 2.24) is 19.9 Å². The Hall–Kier alpha value is -3.56. The van der Waals surface area contributed by atoms with Crippen LogP contribution < -0.4 is 15.4 Å². The topological polar surface area (TPSA) is 101 Å². The smallest absolute Gasteiger partial charge is 0.319 e. The SMILES string of the molecule is CN1CCC[C@H]1COc1nc(N2C[C@H]3CC[C@@H](C2)C3N)c2cnc(-c3cc(O)cc4ccccc34)c(F)c2n1. The number of phenols is 1. The van der Waals surface area contributed by atoms with Crippen LogP contribution in [0.1, 0.15) is 25.7 Å². The largest absolute Gasteiger partial charge is 0.508 e. The lowest BCUT2D eigenvalue weighted by atomic mass is 9.93. The zero-order valence-electron chi connectivity index (χ0n) is 22.1. The van der Waals surface area contributed by atoms with E-state index in [4.69, 9.17) is 15.5 Å². The summed E-state index contributed by atoms with van der Waals surface area (Å²) in [5.74, 6) is 0.934. The van der Waals surface area contributed by atoms with E-state index in [1.54, 1.807) is 18.3 Å². The average Bonchev–Trinajstić information content (AvgIpc) is 3.42. The van der Waals surface area contributed by atoms with Crippen molar-refractivity contribution in [1.29, 1.82) is 0 Å². The number of rotatable bonds is 5. The van der Waals surface area contributed by atoms with Crippen molar-refractivity contribution in [2.45, 2.75) is 37.8 Å². The number of ether oxygens (including phenoxy) is 1. The van der Waals surface area contributed by atoms with Crippen LogP contribution in [0.5, 0.6) is 11.8 Å². The Morgan fingerprint density at radius 1 is 1.08 bits per heavy atom. The van der Waals surface area contributed by atoms with Gasteiger partial charge >= 0.3 is 6.01 Å². The van der Waals surface area contributed by atoms with E-state index < -0.39 is 5.82 Å². The number of nitrogens with two attached hydrogens (primary N) is 1. The van der Waals surface area contributed by atoms with E-state index in [0.717, 1.165) is 56.1 Å². The van der Waals surface area contributed by atoms with Crippen molar-refractivity contribution in [3.8, 4) is 23.0 Å². The number of hydrogen-bond donors (Lipinski definition) is 2. The molecule has 1 saturated carbocycles. The van der Waals surface area contributed by atoms with Crippen LogP contribution >= 0.6 is 0 Å². The number of piperidine rings is 1. The fourth-order valence-electron chi connectivity index (χ4n) is 6.80. The molecule has 7 rings (SSSR count). The van der Waals surface area contributed by atoms with Crippen LogP contribution in [-0.2, 0) is 0 Å². The van der Waals surface area contributed by atoms with Gasteiger partial charge in [-0.25, -0.2) is 4.39 Å². The maximum absolute atomic E-state index is 16.4. The van der Waals surface area contributed by atoms with Crippen LogP contribution in [0.3, 0.4) is 0 Å². The molecule has 1 aliphatic carbocycles. The first-order valence-corrected chi connectivity index (χ1v) is 13.9. The molecule has 8 nitrogen and oxygen atoms in total. The molecule has 3 aliphatic rings. The maximum Gasteiger partial charge on any atom is 0.319 e. The maximum atomic E-state index is 16.4. The Morgan fingerprint density at radius 2 is 1.87 bits per heavy atom. The summed E-state index contributed by atoms with van der Waals surface area (Å²) in [6.45, 7) is 3.04. The number of nitrogens with zero attached hydrogens (tertiary/aromatic N) is 5. The number of benzene rings is 2. The molecule has 2 aromatic heterocycles. The van der Waals surface area contributed by atoms with Crippen LogP contribution in [-0.4, -0.2) is 70.3 Å². The summed E-state index contributed by atoms with van der Waals surface area (Å²) in [4.78, 5) is 18.5. The first kappa shape index (κ1) is 24.5. The van der Waals surface area contributed by atoms with Gasteiger partial charge in [0.25, 0.3) is 0 Å².